The molecule has 0 amide bonds. The van der Waals surface area contributed by atoms with Gasteiger partial charge in [0, 0.05) is 6.04 Å². The average molecular weight is 249 g/mol. The number of nitrogens with one attached hydrogen (secondary N) is 1. The molecular formula is C16H27NO. The first kappa shape index (κ1) is 15.0. The summed E-state index contributed by atoms with van der Waals surface area (Å²) >= 11 is 0. The minimum Gasteiger partial charge on any atom is -0.492 e. The maximum Gasteiger partial charge on any atom is 0.119 e. The van der Waals surface area contributed by atoms with Crippen molar-refractivity contribution >= 4 is 0 Å². The third kappa shape index (κ3) is 5.09. The molecule has 0 aliphatic carbocycles. The summed E-state index contributed by atoms with van der Waals surface area (Å²) in [5.74, 6) is 1.57. The molecule has 0 radical (unpaired) electrons. The maximum absolute atomic E-state index is 5.91. The number of ether oxygens (including phenoxy) is 1. The monoisotopic (exact) mass is 249 g/mol. The van der Waals surface area contributed by atoms with Crippen molar-refractivity contribution in [3.63, 3.8) is 0 Å². The Morgan fingerprint density at radius 2 is 2.00 bits per heavy atom. The van der Waals surface area contributed by atoms with Gasteiger partial charge in [-0.05, 0) is 43.0 Å². The number of aryl methyl sites for hydroxylation is 1. The van der Waals surface area contributed by atoms with Crippen molar-refractivity contribution in [2.24, 2.45) is 5.92 Å². The van der Waals surface area contributed by atoms with Crippen molar-refractivity contribution in [1.29, 1.82) is 0 Å². The van der Waals surface area contributed by atoms with Crippen LogP contribution in [0.3, 0.4) is 0 Å². The van der Waals surface area contributed by atoms with Gasteiger partial charge >= 0.3 is 0 Å². The normalized spacial score (nSPS) is 12.7. The fourth-order valence-electron chi connectivity index (χ4n) is 1.86. The van der Waals surface area contributed by atoms with E-state index in [1.165, 1.54) is 5.56 Å². The Kier molecular flexibility index (Phi) is 6.81. The van der Waals surface area contributed by atoms with Crippen molar-refractivity contribution in [1.82, 2.24) is 5.32 Å². The lowest BCUT2D eigenvalue weighted by Crippen LogP contribution is -2.39. The molecule has 1 aromatic carbocycles. The third-order valence-corrected chi connectivity index (χ3v) is 3.20. The molecule has 18 heavy (non-hydrogen) atoms. The zero-order valence-electron chi connectivity index (χ0n) is 12.2. The quantitative estimate of drug-likeness (QED) is 0.759. The van der Waals surface area contributed by atoms with Gasteiger partial charge in [0.15, 0.2) is 0 Å². The van der Waals surface area contributed by atoms with Crippen molar-refractivity contribution in [3.8, 4) is 5.75 Å². The summed E-state index contributed by atoms with van der Waals surface area (Å²) in [5.41, 5.74) is 1.33. The fourth-order valence-corrected chi connectivity index (χ4v) is 1.86. The molecule has 1 atom stereocenters. The van der Waals surface area contributed by atoms with Crippen molar-refractivity contribution in [2.45, 2.75) is 46.6 Å². The van der Waals surface area contributed by atoms with Gasteiger partial charge in [0.05, 0.1) is 0 Å². The second-order valence-electron chi connectivity index (χ2n) is 5.12. The van der Waals surface area contributed by atoms with E-state index in [1.807, 2.05) is 6.07 Å². The summed E-state index contributed by atoms with van der Waals surface area (Å²) < 4.78 is 5.91. The molecule has 0 bridgehead atoms. The van der Waals surface area contributed by atoms with Gasteiger partial charge in [-0.1, -0.05) is 39.8 Å². The highest BCUT2D eigenvalue weighted by atomic mass is 16.5. The van der Waals surface area contributed by atoms with Gasteiger partial charge in [-0.2, -0.15) is 0 Å². The molecule has 0 saturated carbocycles. The molecule has 0 aliphatic heterocycles. The summed E-state index contributed by atoms with van der Waals surface area (Å²) in [6, 6.07) is 8.81. The Hall–Kier alpha value is -1.02. The highest BCUT2D eigenvalue weighted by molar-refractivity contribution is 5.28. The van der Waals surface area contributed by atoms with Crippen LogP contribution in [-0.2, 0) is 6.42 Å². The van der Waals surface area contributed by atoms with Crippen LogP contribution in [0.4, 0.5) is 0 Å². The molecule has 1 aromatic rings. The predicted octanol–water partition coefficient (Wildman–Crippen LogP) is 3.65. The van der Waals surface area contributed by atoms with Gasteiger partial charge in [-0.25, -0.2) is 0 Å². The van der Waals surface area contributed by atoms with Crippen molar-refractivity contribution in [3.05, 3.63) is 29.8 Å². The molecule has 0 aromatic heterocycles. The van der Waals surface area contributed by atoms with Crippen LogP contribution in [0, 0.1) is 5.92 Å². The lowest BCUT2D eigenvalue weighted by atomic mass is 10.1. The highest BCUT2D eigenvalue weighted by Gasteiger charge is 2.12. The molecule has 1 rings (SSSR count). The van der Waals surface area contributed by atoms with Gasteiger partial charge in [-0.3, -0.25) is 0 Å². The molecule has 0 aliphatic rings. The maximum atomic E-state index is 5.91. The molecule has 0 fully saturated rings. The SMILES string of the molecule is CCCNC(COc1cccc(CC)c1)C(C)C. The van der Waals surface area contributed by atoms with E-state index in [-0.39, 0.29) is 0 Å². The standard InChI is InChI=1S/C16H27NO/c1-5-10-17-16(13(3)4)12-18-15-9-7-8-14(6-2)11-15/h7-9,11,13,16-17H,5-6,10,12H2,1-4H3. The Morgan fingerprint density at radius 1 is 1.22 bits per heavy atom. The van der Waals surface area contributed by atoms with Gasteiger partial charge in [0.25, 0.3) is 0 Å². The molecule has 0 saturated heterocycles. The summed E-state index contributed by atoms with van der Waals surface area (Å²) in [5, 5.41) is 3.54. The van der Waals surface area contributed by atoms with Crippen LogP contribution in [0.25, 0.3) is 0 Å². The van der Waals surface area contributed by atoms with Crippen LogP contribution in [0.1, 0.15) is 39.7 Å². The van der Waals surface area contributed by atoms with E-state index in [2.05, 4.69) is 51.2 Å². The first-order valence-corrected chi connectivity index (χ1v) is 7.12. The van der Waals surface area contributed by atoms with Gasteiger partial charge in [0.1, 0.15) is 12.4 Å². The Labute approximate surface area is 112 Å². The Morgan fingerprint density at radius 3 is 2.61 bits per heavy atom. The molecule has 102 valence electrons. The average Bonchev–Trinajstić information content (AvgIpc) is 2.38. The zero-order chi connectivity index (χ0) is 13.4. The summed E-state index contributed by atoms with van der Waals surface area (Å²) in [7, 11) is 0. The Balaban J connectivity index is 2.49. The minimum absolute atomic E-state index is 0.426. The van der Waals surface area contributed by atoms with Crippen LogP contribution in [-0.4, -0.2) is 19.2 Å². The number of hydrogen-bond donors (Lipinski definition) is 1. The first-order chi connectivity index (χ1) is 8.67. The van der Waals surface area contributed by atoms with Crippen LogP contribution in [0.15, 0.2) is 24.3 Å². The van der Waals surface area contributed by atoms with Gasteiger partial charge < -0.3 is 10.1 Å². The lowest BCUT2D eigenvalue weighted by Gasteiger charge is -2.22. The third-order valence-electron chi connectivity index (χ3n) is 3.20. The van der Waals surface area contributed by atoms with E-state index in [1.54, 1.807) is 0 Å². The summed E-state index contributed by atoms with van der Waals surface area (Å²) in [4.78, 5) is 0. The largest absolute Gasteiger partial charge is 0.492 e. The number of rotatable bonds is 8. The highest BCUT2D eigenvalue weighted by Crippen LogP contribution is 2.15. The lowest BCUT2D eigenvalue weighted by molar-refractivity contribution is 0.230. The second kappa shape index (κ2) is 8.15. The smallest absolute Gasteiger partial charge is 0.119 e. The Bertz CT molecular complexity index is 336. The predicted molar refractivity (Wildman–Crippen MR) is 78.2 cm³/mol. The van der Waals surface area contributed by atoms with Crippen LogP contribution >= 0.6 is 0 Å². The summed E-state index contributed by atoms with van der Waals surface area (Å²) in [6.45, 7) is 10.6. The van der Waals surface area contributed by atoms with E-state index < -0.39 is 0 Å². The second-order valence-corrected chi connectivity index (χ2v) is 5.12. The molecule has 2 heteroatoms. The zero-order valence-corrected chi connectivity index (χ0v) is 12.2. The molecule has 2 nitrogen and oxygen atoms in total. The van der Waals surface area contributed by atoms with Crippen LogP contribution in [0.5, 0.6) is 5.75 Å². The molecule has 1 N–H and O–H groups in total. The van der Waals surface area contributed by atoms with E-state index in [9.17, 15) is 0 Å². The van der Waals surface area contributed by atoms with E-state index >= 15 is 0 Å². The van der Waals surface area contributed by atoms with E-state index in [0.717, 1.165) is 31.7 Å². The molecule has 1 unspecified atom stereocenters. The summed E-state index contributed by atoms with van der Waals surface area (Å²) in [6.07, 6.45) is 2.22. The topological polar surface area (TPSA) is 21.3 Å². The van der Waals surface area contributed by atoms with E-state index in [0.29, 0.717) is 12.0 Å². The number of hydrogen-bond acceptors (Lipinski definition) is 2. The minimum atomic E-state index is 0.426. The fraction of sp³-hybridized carbons (Fsp3) is 0.625. The van der Waals surface area contributed by atoms with Crippen LogP contribution < -0.4 is 10.1 Å². The van der Waals surface area contributed by atoms with Gasteiger partial charge in [0.2, 0.25) is 0 Å². The molecular weight excluding hydrogens is 222 g/mol. The molecule has 0 spiro atoms. The van der Waals surface area contributed by atoms with Crippen molar-refractivity contribution < 1.29 is 4.74 Å². The molecule has 0 heterocycles. The van der Waals surface area contributed by atoms with Crippen LogP contribution in [0.2, 0.25) is 0 Å². The van der Waals surface area contributed by atoms with E-state index in [4.69, 9.17) is 4.74 Å². The van der Waals surface area contributed by atoms with Gasteiger partial charge in [-0.15, -0.1) is 0 Å². The van der Waals surface area contributed by atoms with Crippen molar-refractivity contribution in [2.75, 3.05) is 13.2 Å². The first-order valence-electron chi connectivity index (χ1n) is 7.12. The number of benzene rings is 1.